The lowest BCUT2D eigenvalue weighted by Gasteiger charge is -2.16. The standard InChI is InChI=1S/C18H20N2O3/c1-2-13(21)10-11-16(17(19)22)20-18(23)15-9-5-7-12-6-3-4-8-14(12)15/h3-9,16H,2,10-11H2,1H3,(H2,19,22)(H,20,23)/t16-/m0/s1. The maximum absolute atomic E-state index is 12.5. The molecule has 0 heterocycles. The molecule has 120 valence electrons. The number of carbonyl (C=O) groups excluding carboxylic acids is 3. The summed E-state index contributed by atoms with van der Waals surface area (Å²) in [5.74, 6) is -0.965. The molecule has 2 aromatic carbocycles. The van der Waals surface area contributed by atoms with Gasteiger partial charge in [-0.2, -0.15) is 0 Å². The SMILES string of the molecule is CCC(=O)CC[C@H](NC(=O)c1cccc2ccccc12)C(N)=O. The fraction of sp³-hybridized carbons (Fsp3) is 0.278. The number of nitrogens with one attached hydrogen (secondary N) is 1. The van der Waals surface area contributed by atoms with Gasteiger partial charge in [0.05, 0.1) is 0 Å². The number of hydrogen-bond donors (Lipinski definition) is 2. The molecule has 2 amide bonds. The Labute approximate surface area is 134 Å². The van der Waals surface area contributed by atoms with Crippen molar-refractivity contribution in [3.05, 3.63) is 48.0 Å². The van der Waals surface area contributed by atoms with Crippen molar-refractivity contribution in [1.29, 1.82) is 0 Å². The predicted octanol–water partition coefficient (Wildman–Crippen LogP) is 2.18. The number of Topliss-reactive ketones (excluding diaryl/α,β-unsaturated/α-hetero) is 1. The smallest absolute Gasteiger partial charge is 0.252 e. The van der Waals surface area contributed by atoms with E-state index in [0.717, 1.165) is 10.8 Å². The summed E-state index contributed by atoms with van der Waals surface area (Å²) in [7, 11) is 0. The molecular formula is C18H20N2O3. The summed E-state index contributed by atoms with van der Waals surface area (Å²) in [5, 5.41) is 4.39. The van der Waals surface area contributed by atoms with Crippen molar-refractivity contribution >= 4 is 28.4 Å². The maximum atomic E-state index is 12.5. The largest absolute Gasteiger partial charge is 0.368 e. The van der Waals surface area contributed by atoms with Gasteiger partial charge in [0, 0.05) is 18.4 Å². The minimum Gasteiger partial charge on any atom is -0.368 e. The number of rotatable bonds is 7. The summed E-state index contributed by atoms with van der Waals surface area (Å²) in [6.45, 7) is 1.76. The van der Waals surface area contributed by atoms with Crippen LogP contribution in [0.4, 0.5) is 0 Å². The lowest BCUT2D eigenvalue weighted by Crippen LogP contribution is -2.44. The maximum Gasteiger partial charge on any atom is 0.252 e. The first kappa shape index (κ1) is 16.7. The van der Waals surface area contributed by atoms with Crippen molar-refractivity contribution in [2.24, 2.45) is 5.73 Å². The molecule has 0 aliphatic heterocycles. The Bertz CT molecular complexity index is 735. The predicted molar refractivity (Wildman–Crippen MR) is 88.9 cm³/mol. The van der Waals surface area contributed by atoms with Gasteiger partial charge in [0.1, 0.15) is 11.8 Å². The Hall–Kier alpha value is -2.69. The van der Waals surface area contributed by atoms with Crippen LogP contribution < -0.4 is 11.1 Å². The highest BCUT2D eigenvalue weighted by Gasteiger charge is 2.20. The molecule has 0 aromatic heterocycles. The monoisotopic (exact) mass is 312 g/mol. The number of benzene rings is 2. The third-order valence-electron chi connectivity index (χ3n) is 3.79. The molecule has 0 aliphatic carbocycles. The lowest BCUT2D eigenvalue weighted by molar-refractivity contribution is -0.121. The molecule has 2 rings (SSSR count). The van der Waals surface area contributed by atoms with Gasteiger partial charge >= 0.3 is 0 Å². The number of fused-ring (bicyclic) bond motifs is 1. The van der Waals surface area contributed by atoms with Gasteiger partial charge in [-0.05, 0) is 23.3 Å². The highest BCUT2D eigenvalue weighted by atomic mass is 16.2. The second-order valence-electron chi connectivity index (χ2n) is 5.39. The molecule has 0 saturated carbocycles. The van der Waals surface area contributed by atoms with E-state index in [1.807, 2.05) is 30.3 Å². The highest BCUT2D eigenvalue weighted by molar-refractivity contribution is 6.08. The van der Waals surface area contributed by atoms with Crippen molar-refractivity contribution in [2.75, 3.05) is 0 Å². The first-order valence-electron chi connectivity index (χ1n) is 7.62. The average Bonchev–Trinajstić information content (AvgIpc) is 2.57. The van der Waals surface area contributed by atoms with E-state index in [0.29, 0.717) is 12.0 Å². The molecule has 0 bridgehead atoms. The number of nitrogens with two attached hydrogens (primary N) is 1. The summed E-state index contributed by atoms with van der Waals surface area (Å²) in [5.41, 5.74) is 5.82. The molecule has 0 fully saturated rings. The van der Waals surface area contributed by atoms with Crippen molar-refractivity contribution in [1.82, 2.24) is 5.32 Å². The Morgan fingerprint density at radius 1 is 1.09 bits per heavy atom. The fourth-order valence-corrected chi connectivity index (χ4v) is 2.43. The van der Waals surface area contributed by atoms with Crippen LogP contribution in [0.5, 0.6) is 0 Å². The van der Waals surface area contributed by atoms with Crippen LogP contribution in [0.3, 0.4) is 0 Å². The topological polar surface area (TPSA) is 89.3 Å². The van der Waals surface area contributed by atoms with Crippen LogP contribution in [0.25, 0.3) is 10.8 Å². The van der Waals surface area contributed by atoms with Gasteiger partial charge in [-0.1, -0.05) is 43.3 Å². The zero-order valence-corrected chi connectivity index (χ0v) is 13.0. The number of hydrogen-bond acceptors (Lipinski definition) is 3. The van der Waals surface area contributed by atoms with E-state index in [2.05, 4.69) is 5.32 Å². The van der Waals surface area contributed by atoms with Crippen molar-refractivity contribution in [3.8, 4) is 0 Å². The second-order valence-corrected chi connectivity index (χ2v) is 5.39. The summed E-state index contributed by atoms with van der Waals surface area (Å²) < 4.78 is 0. The number of primary amides is 1. The van der Waals surface area contributed by atoms with Gasteiger partial charge in [-0.15, -0.1) is 0 Å². The molecule has 23 heavy (non-hydrogen) atoms. The van der Waals surface area contributed by atoms with Gasteiger partial charge in [0.2, 0.25) is 5.91 Å². The van der Waals surface area contributed by atoms with Crippen LogP contribution in [0.2, 0.25) is 0 Å². The van der Waals surface area contributed by atoms with Crippen LogP contribution in [-0.4, -0.2) is 23.6 Å². The van der Waals surface area contributed by atoms with Crippen LogP contribution in [0.15, 0.2) is 42.5 Å². The van der Waals surface area contributed by atoms with Gasteiger partial charge in [0.25, 0.3) is 5.91 Å². The summed E-state index contributed by atoms with van der Waals surface area (Å²) in [6.07, 6.45) is 0.848. The summed E-state index contributed by atoms with van der Waals surface area (Å²) in [6, 6.07) is 12.1. The van der Waals surface area contributed by atoms with Crippen LogP contribution >= 0.6 is 0 Å². The Balaban J connectivity index is 2.17. The summed E-state index contributed by atoms with van der Waals surface area (Å²) in [4.78, 5) is 35.4. The van der Waals surface area contributed by atoms with E-state index < -0.39 is 11.9 Å². The van der Waals surface area contributed by atoms with Crippen LogP contribution in [0, 0.1) is 0 Å². The van der Waals surface area contributed by atoms with Gasteiger partial charge in [-0.3, -0.25) is 14.4 Å². The zero-order valence-electron chi connectivity index (χ0n) is 13.0. The normalized spacial score (nSPS) is 11.9. The van der Waals surface area contributed by atoms with E-state index in [1.165, 1.54) is 0 Å². The minimum absolute atomic E-state index is 0.0376. The molecule has 3 N–H and O–H groups in total. The van der Waals surface area contributed by atoms with E-state index in [1.54, 1.807) is 19.1 Å². The van der Waals surface area contributed by atoms with Gasteiger partial charge in [-0.25, -0.2) is 0 Å². The average molecular weight is 312 g/mol. The molecule has 0 spiro atoms. The van der Waals surface area contributed by atoms with E-state index in [-0.39, 0.29) is 24.5 Å². The van der Waals surface area contributed by atoms with E-state index >= 15 is 0 Å². The second kappa shape index (κ2) is 7.54. The summed E-state index contributed by atoms with van der Waals surface area (Å²) >= 11 is 0. The van der Waals surface area contributed by atoms with Gasteiger partial charge in [0.15, 0.2) is 0 Å². The Morgan fingerprint density at radius 2 is 1.78 bits per heavy atom. The molecule has 0 saturated heterocycles. The first-order chi connectivity index (χ1) is 11.0. The molecule has 0 unspecified atom stereocenters. The molecule has 0 aliphatic rings. The Kier molecular flexibility index (Phi) is 5.46. The van der Waals surface area contributed by atoms with E-state index in [9.17, 15) is 14.4 Å². The van der Waals surface area contributed by atoms with Crippen LogP contribution in [0.1, 0.15) is 36.5 Å². The number of carbonyl (C=O) groups is 3. The lowest BCUT2D eigenvalue weighted by atomic mass is 10.0. The fourth-order valence-electron chi connectivity index (χ4n) is 2.43. The third kappa shape index (κ3) is 4.16. The van der Waals surface area contributed by atoms with Gasteiger partial charge < -0.3 is 11.1 Å². The number of amides is 2. The molecule has 0 radical (unpaired) electrons. The van der Waals surface area contributed by atoms with Crippen LogP contribution in [-0.2, 0) is 9.59 Å². The van der Waals surface area contributed by atoms with Crippen molar-refractivity contribution < 1.29 is 14.4 Å². The van der Waals surface area contributed by atoms with E-state index in [4.69, 9.17) is 5.73 Å². The van der Waals surface area contributed by atoms with Crippen molar-refractivity contribution in [2.45, 2.75) is 32.2 Å². The molecular weight excluding hydrogens is 292 g/mol. The molecule has 5 nitrogen and oxygen atoms in total. The van der Waals surface area contributed by atoms with Crippen molar-refractivity contribution in [3.63, 3.8) is 0 Å². The Morgan fingerprint density at radius 3 is 2.48 bits per heavy atom. The zero-order chi connectivity index (χ0) is 16.8. The quantitative estimate of drug-likeness (QED) is 0.821. The molecule has 5 heteroatoms. The minimum atomic E-state index is -0.850. The highest BCUT2D eigenvalue weighted by Crippen LogP contribution is 2.18. The number of ketones is 1. The first-order valence-corrected chi connectivity index (χ1v) is 7.62. The molecule has 1 atom stereocenters. The molecule has 2 aromatic rings. The third-order valence-corrected chi connectivity index (χ3v) is 3.79.